The van der Waals surface area contributed by atoms with E-state index < -0.39 is 0 Å². The van der Waals surface area contributed by atoms with Gasteiger partial charge >= 0.3 is 0 Å². The van der Waals surface area contributed by atoms with Crippen molar-refractivity contribution >= 4 is 28.7 Å². The highest BCUT2D eigenvalue weighted by atomic mass is 32.1. The summed E-state index contributed by atoms with van der Waals surface area (Å²) >= 11 is 1.15. The molecular formula is C17H17N5O2S. The smallest absolute Gasteiger partial charge is 0.254 e. The van der Waals surface area contributed by atoms with Gasteiger partial charge in [0.15, 0.2) is 0 Å². The van der Waals surface area contributed by atoms with Crippen molar-refractivity contribution < 1.29 is 9.53 Å². The maximum atomic E-state index is 12.8. The number of piperidine rings is 1. The zero-order valence-corrected chi connectivity index (χ0v) is 14.6. The maximum absolute atomic E-state index is 12.8. The van der Waals surface area contributed by atoms with Gasteiger partial charge in [-0.15, -0.1) is 5.10 Å². The topological polar surface area (TPSA) is 81.1 Å². The van der Waals surface area contributed by atoms with Crippen LogP contribution in [0.4, 0.5) is 0 Å². The van der Waals surface area contributed by atoms with Crippen LogP contribution in [-0.4, -0.2) is 48.9 Å². The summed E-state index contributed by atoms with van der Waals surface area (Å²) in [5.41, 5.74) is 3.06. The third-order valence-corrected chi connectivity index (χ3v) is 4.78. The predicted molar refractivity (Wildman–Crippen MR) is 93.7 cm³/mol. The molecule has 4 rings (SSSR count). The van der Waals surface area contributed by atoms with Crippen LogP contribution in [0.25, 0.3) is 11.0 Å². The fraction of sp³-hybridized carbons (Fsp3) is 0.353. The van der Waals surface area contributed by atoms with E-state index >= 15 is 0 Å². The number of nitrogens with zero attached hydrogens (tertiary/aromatic N) is 5. The van der Waals surface area contributed by atoms with Crippen molar-refractivity contribution in [3.05, 3.63) is 41.6 Å². The van der Waals surface area contributed by atoms with E-state index in [1.165, 1.54) is 0 Å². The van der Waals surface area contributed by atoms with Gasteiger partial charge in [-0.05, 0) is 44.0 Å². The Labute approximate surface area is 149 Å². The number of likely N-dealkylation sites (tertiary alicyclic amines) is 1. The molecule has 1 atom stereocenters. The molecule has 0 radical (unpaired) electrons. The second-order valence-corrected chi connectivity index (χ2v) is 6.64. The summed E-state index contributed by atoms with van der Waals surface area (Å²) in [7, 11) is 0. The monoisotopic (exact) mass is 355 g/mol. The molecule has 0 saturated carbocycles. The first-order valence-corrected chi connectivity index (χ1v) is 8.91. The van der Waals surface area contributed by atoms with Crippen LogP contribution >= 0.6 is 11.7 Å². The van der Waals surface area contributed by atoms with Gasteiger partial charge < -0.3 is 9.64 Å². The summed E-state index contributed by atoms with van der Waals surface area (Å²) in [5, 5.41) is 8.04. The van der Waals surface area contributed by atoms with Crippen LogP contribution in [-0.2, 0) is 0 Å². The summed E-state index contributed by atoms with van der Waals surface area (Å²) in [6, 6.07) is 9.13. The van der Waals surface area contributed by atoms with E-state index in [4.69, 9.17) is 4.74 Å². The minimum absolute atomic E-state index is 0.00168. The number of fused-ring (bicyclic) bond motifs is 1. The van der Waals surface area contributed by atoms with Gasteiger partial charge in [-0.1, -0.05) is 0 Å². The Morgan fingerprint density at radius 2 is 2.08 bits per heavy atom. The van der Waals surface area contributed by atoms with Gasteiger partial charge in [-0.3, -0.25) is 4.79 Å². The molecule has 0 N–H and O–H groups in total. The average molecular weight is 355 g/mol. The molecule has 2 aromatic heterocycles. The number of hydrogen-bond acceptors (Lipinski definition) is 7. The Kier molecular flexibility index (Phi) is 4.27. The Balaban J connectivity index is 1.46. The maximum Gasteiger partial charge on any atom is 0.254 e. The summed E-state index contributed by atoms with van der Waals surface area (Å²) < 4.78 is 14.3. The second-order valence-electron chi connectivity index (χ2n) is 6.11. The number of aromatic nitrogens is 4. The Hall–Kier alpha value is -2.61. The summed E-state index contributed by atoms with van der Waals surface area (Å²) in [4.78, 5) is 14.6. The van der Waals surface area contributed by atoms with Crippen molar-refractivity contribution in [2.45, 2.75) is 25.9 Å². The fourth-order valence-corrected chi connectivity index (χ4v) is 3.45. The van der Waals surface area contributed by atoms with E-state index in [1.54, 1.807) is 6.07 Å². The van der Waals surface area contributed by atoms with E-state index in [-0.39, 0.29) is 12.0 Å². The molecule has 1 unspecified atom stereocenters. The van der Waals surface area contributed by atoms with E-state index in [9.17, 15) is 4.79 Å². The molecule has 0 spiro atoms. The molecule has 1 aliphatic rings. The lowest BCUT2D eigenvalue weighted by Gasteiger charge is -2.32. The van der Waals surface area contributed by atoms with E-state index in [2.05, 4.69) is 18.9 Å². The number of aryl methyl sites for hydroxylation is 1. The van der Waals surface area contributed by atoms with Crippen LogP contribution in [0.1, 0.15) is 28.9 Å². The second kappa shape index (κ2) is 6.72. The van der Waals surface area contributed by atoms with Gasteiger partial charge in [-0.25, -0.2) is 0 Å². The highest BCUT2D eigenvalue weighted by Gasteiger charge is 2.26. The van der Waals surface area contributed by atoms with Gasteiger partial charge in [0.25, 0.3) is 5.91 Å². The Morgan fingerprint density at radius 1 is 1.20 bits per heavy atom. The number of benzene rings is 1. The van der Waals surface area contributed by atoms with Crippen LogP contribution < -0.4 is 4.74 Å². The Bertz CT molecular complexity index is 895. The first-order chi connectivity index (χ1) is 12.2. The normalized spacial score (nSPS) is 17.6. The highest BCUT2D eigenvalue weighted by Crippen LogP contribution is 2.20. The molecule has 0 bridgehead atoms. The van der Waals surface area contributed by atoms with Gasteiger partial charge in [0.1, 0.15) is 17.1 Å². The molecule has 1 aliphatic heterocycles. The van der Waals surface area contributed by atoms with Crippen molar-refractivity contribution in [1.82, 2.24) is 23.8 Å². The minimum Gasteiger partial charge on any atom is -0.471 e. The van der Waals surface area contributed by atoms with E-state index in [1.807, 2.05) is 36.1 Å². The van der Waals surface area contributed by atoms with Crippen LogP contribution in [0, 0.1) is 6.92 Å². The largest absolute Gasteiger partial charge is 0.471 e. The standard InChI is InChI=1S/C17H17N5O2S/c1-11-4-7-16(19-18-11)24-13-3-2-8-22(10-13)17(23)12-5-6-14-15(9-12)21-25-20-14/h4-7,9,13H,2-3,8,10H2,1H3. The number of carbonyl (C=O) groups is 1. The fourth-order valence-electron chi connectivity index (χ4n) is 2.94. The first-order valence-electron chi connectivity index (χ1n) is 8.17. The van der Waals surface area contributed by atoms with Gasteiger partial charge in [0, 0.05) is 18.2 Å². The molecule has 1 saturated heterocycles. The van der Waals surface area contributed by atoms with Gasteiger partial charge in [-0.2, -0.15) is 13.8 Å². The minimum atomic E-state index is -0.0700. The molecule has 1 amide bonds. The number of carbonyl (C=O) groups excluding carboxylic acids is 1. The predicted octanol–water partition coefficient (Wildman–Crippen LogP) is 2.47. The van der Waals surface area contributed by atoms with E-state index in [0.717, 1.165) is 47.8 Å². The molecule has 1 aromatic carbocycles. The molecule has 3 aromatic rings. The zero-order valence-electron chi connectivity index (χ0n) is 13.8. The van der Waals surface area contributed by atoms with Gasteiger partial charge in [0.2, 0.25) is 5.88 Å². The number of amides is 1. The third kappa shape index (κ3) is 3.43. The number of rotatable bonds is 3. The molecule has 7 nitrogen and oxygen atoms in total. The van der Waals surface area contributed by atoms with Crippen LogP contribution in [0.3, 0.4) is 0 Å². The van der Waals surface area contributed by atoms with Crippen molar-refractivity contribution in [3.8, 4) is 5.88 Å². The van der Waals surface area contributed by atoms with Crippen LogP contribution in [0.5, 0.6) is 5.88 Å². The molecule has 128 valence electrons. The number of hydrogen-bond donors (Lipinski definition) is 0. The zero-order chi connectivity index (χ0) is 17.2. The molecule has 25 heavy (non-hydrogen) atoms. The third-order valence-electron chi connectivity index (χ3n) is 4.23. The Morgan fingerprint density at radius 3 is 2.92 bits per heavy atom. The SMILES string of the molecule is Cc1ccc(OC2CCCN(C(=O)c3ccc4nsnc4c3)C2)nn1. The van der Waals surface area contributed by atoms with Crippen molar-refractivity contribution in [2.75, 3.05) is 13.1 Å². The molecular weight excluding hydrogens is 338 g/mol. The van der Waals surface area contributed by atoms with E-state index in [0.29, 0.717) is 18.0 Å². The summed E-state index contributed by atoms with van der Waals surface area (Å²) in [6.45, 7) is 3.15. The van der Waals surface area contributed by atoms with Crippen molar-refractivity contribution in [2.24, 2.45) is 0 Å². The molecule has 0 aliphatic carbocycles. The lowest BCUT2D eigenvalue weighted by molar-refractivity contribution is 0.0525. The number of ether oxygens (including phenoxy) is 1. The summed E-state index contributed by atoms with van der Waals surface area (Å²) in [6.07, 6.45) is 1.73. The molecule has 3 heterocycles. The summed E-state index contributed by atoms with van der Waals surface area (Å²) in [5.74, 6) is 0.498. The van der Waals surface area contributed by atoms with Gasteiger partial charge in [0.05, 0.1) is 24.0 Å². The molecule has 8 heteroatoms. The lowest BCUT2D eigenvalue weighted by Crippen LogP contribution is -2.44. The first kappa shape index (κ1) is 15.9. The molecule has 1 fully saturated rings. The van der Waals surface area contributed by atoms with Crippen LogP contribution in [0.2, 0.25) is 0 Å². The highest BCUT2D eigenvalue weighted by molar-refractivity contribution is 7.00. The van der Waals surface area contributed by atoms with Crippen LogP contribution in [0.15, 0.2) is 30.3 Å². The lowest BCUT2D eigenvalue weighted by atomic mass is 10.1. The quantitative estimate of drug-likeness (QED) is 0.718. The van der Waals surface area contributed by atoms with Crippen molar-refractivity contribution in [1.29, 1.82) is 0 Å². The average Bonchev–Trinajstić information content (AvgIpc) is 3.11. The van der Waals surface area contributed by atoms with Crippen molar-refractivity contribution in [3.63, 3.8) is 0 Å².